The van der Waals surface area contributed by atoms with E-state index in [0.29, 0.717) is 0 Å². The van der Waals surface area contributed by atoms with Crippen molar-refractivity contribution in [1.29, 1.82) is 0 Å². The second-order valence-electron chi connectivity index (χ2n) is 4.60. The zero-order valence-corrected chi connectivity index (χ0v) is 11.2. The summed E-state index contributed by atoms with van der Waals surface area (Å²) in [4.78, 5) is 20.8. The third kappa shape index (κ3) is 5.31. The Labute approximate surface area is 127 Å². The van der Waals surface area contributed by atoms with Crippen LogP contribution in [-0.4, -0.2) is 76.4 Å². The molecule has 1 heterocycles. The molecule has 1 rings (SSSR count). The van der Waals surface area contributed by atoms with Gasteiger partial charge in [-0.3, -0.25) is 9.80 Å². The Kier molecular flexibility index (Phi) is 5.18. The molecule has 1 fully saturated rings. The lowest BCUT2D eigenvalue weighted by atomic mass is 10.3. The fourth-order valence-corrected chi connectivity index (χ4v) is 1.76. The van der Waals surface area contributed by atoms with E-state index >= 15 is 0 Å². The van der Waals surface area contributed by atoms with E-state index in [-0.39, 0.29) is 0 Å². The Bertz CT molecular complexity index is 465. The first-order valence-electron chi connectivity index (χ1n) is 5.79. The maximum absolute atomic E-state index is 12.3. The van der Waals surface area contributed by atoms with Crippen LogP contribution in [0.1, 0.15) is 0 Å². The molecule has 0 unspecified atom stereocenters. The zero-order chi connectivity index (χ0) is 19.1. The summed E-state index contributed by atoms with van der Waals surface area (Å²) in [5.74, 6) is 0. The lowest BCUT2D eigenvalue weighted by Crippen LogP contribution is -2.69. The first-order valence-corrected chi connectivity index (χ1v) is 5.79. The molecule has 1 saturated heterocycles. The van der Waals surface area contributed by atoms with E-state index in [4.69, 9.17) is 0 Å². The van der Waals surface area contributed by atoms with Crippen molar-refractivity contribution in [2.24, 2.45) is 0 Å². The summed E-state index contributed by atoms with van der Waals surface area (Å²) in [7, 11) is 0. The summed E-state index contributed by atoms with van der Waals surface area (Å²) in [6, 6.07) is -4.44. The van der Waals surface area contributed by atoms with E-state index in [1.54, 1.807) is 0 Å². The van der Waals surface area contributed by atoms with Crippen molar-refractivity contribution >= 4 is 12.1 Å². The second kappa shape index (κ2) is 6.18. The molecule has 0 spiro atoms. The topological polar surface area (TPSA) is 64.1 Å². The van der Waals surface area contributed by atoms with Crippen LogP contribution in [0.4, 0.5) is 49.1 Å². The molecule has 6 nitrogen and oxygen atoms in total. The lowest BCUT2D eigenvalue weighted by molar-refractivity contribution is -0.207. The van der Waals surface area contributed by atoms with Gasteiger partial charge in [-0.15, -0.1) is 0 Å². The number of urea groups is 2. The Hall–Kier alpha value is -1.93. The average molecular weight is 377 g/mol. The van der Waals surface area contributed by atoms with Crippen LogP contribution in [0.5, 0.6) is 0 Å². The maximum Gasteiger partial charge on any atom is 0.406 e. The molecule has 0 aromatic heterocycles. The molecule has 24 heavy (non-hydrogen) atoms. The quantitative estimate of drug-likeness (QED) is 0.767. The minimum absolute atomic E-state index is 0.723. The van der Waals surface area contributed by atoms with Gasteiger partial charge in [0, 0.05) is 0 Å². The van der Waals surface area contributed by atoms with E-state index < -0.39 is 71.3 Å². The molecule has 0 aliphatic carbocycles. The standard InChI is InChI=1S/C9H8F9N3O3/c10-7(11,12)1-19-4(22)20(2-8(13,14)15)6(24)21(5(19)23)3-9(16,17)18/h4,22H,1-3H2. The van der Waals surface area contributed by atoms with Crippen LogP contribution in [0.3, 0.4) is 0 Å². The fraction of sp³-hybridized carbons (Fsp3) is 0.778. The van der Waals surface area contributed by atoms with E-state index in [9.17, 15) is 54.2 Å². The van der Waals surface area contributed by atoms with Crippen LogP contribution in [0, 0.1) is 0 Å². The summed E-state index contributed by atoms with van der Waals surface area (Å²) >= 11 is 0. The Morgan fingerprint density at radius 3 is 1.25 bits per heavy atom. The Balaban J connectivity index is 3.21. The molecule has 1 aliphatic rings. The van der Waals surface area contributed by atoms with E-state index in [2.05, 4.69) is 0 Å². The van der Waals surface area contributed by atoms with Crippen LogP contribution in [0.2, 0.25) is 0 Å². The number of rotatable bonds is 3. The van der Waals surface area contributed by atoms with Crippen LogP contribution in [0.15, 0.2) is 0 Å². The number of halogens is 9. The number of aliphatic hydroxyl groups is 1. The van der Waals surface area contributed by atoms with Crippen molar-refractivity contribution in [3.63, 3.8) is 0 Å². The number of nitrogens with zero attached hydrogens (tertiary/aromatic N) is 3. The third-order valence-electron chi connectivity index (χ3n) is 2.55. The summed E-state index contributed by atoms with van der Waals surface area (Å²) in [6.07, 6.45) is -18.8. The molecule has 0 saturated carbocycles. The van der Waals surface area contributed by atoms with Crippen molar-refractivity contribution in [3.05, 3.63) is 0 Å². The summed E-state index contributed by atoms with van der Waals surface area (Å²) in [5.41, 5.74) is 0. The first kappa shape index (κ1) is 20.1. The predicted molar refractivity (Wildman–Crippen MR) is 55.1 cm³/mol. The molecule has 0 bridgehead atoms. The van der Waals surface area contributed by atoms with E-state index in [0.717, 1.165) is 0 Å². The highest BCUT2D eigenvalue weighted by Gasteiger charge is 2.52. The van der Waals surface area contributed by atoms with Gasteiger partial charge in [0.1, 0.15) is 19.6 Å². The number of hydrogen-bond donors (Lipinski definition) is 1. The van der Waals surface area contributed by atoms with Crippen LogP contribution >= 0.6 is 0 Å². The summed E-state index contributed by atoms with van der Waals surface area (Å²) in [6.45, 7) is -7.13. The zero-order valence-electron chi connectivity index (χ0n) is 11.2. The molecule has 4 amide bonds. The smallest absolute Gasteiger partial charge is 0.356 e. The van der Waals surface area contributed by atoms with Crippen molar-refractivity contribution in [2.45, 2.75) is 24.9 Å². The van der Waals surface area contributed by atoms with Gasteiger partial charge in [-0.2, -0.15) is 39.5 Å². The van der Waals surface area contributed by atoms with Crippen molar-refractivity contribution in [2.75, 3.05) is 19.6 Å². The fourth-order valence-electron chi connectivity index (χ4n) is 1.76. The summed E-state index contributed by atoms with van der Waals surface area (Å²) < 4.78 is 111. The second-order valence-corrected chi connectivity index (χ2v) is 4.60. The first-order chi connectivity index (χ1) is 10.5. The van der Waals surface area contributed by atoms with Crippen LogP contribution < -0.4 is 0 Å². The predicted octanol–water partition coefficient (Wildman–Crippen LogP) is 2.11. The summed E-state index contributed by atoms with van der Waals surface area (Å²) in [5, 5.41) is 9.41. The van der Waals surface area contributed by atoms with Crippen molar-refractivity contribution in [1.82, 2.24) is 14.7 Å². The molecular weight excluding hydrogens is 369 g/mol. The van der Waals surface area contributed by atoms with Gasteiger partial charge in [0.15, 0.2) is 0 Å². The largest absolute Gasteiger partial charge is 0.406 e. The van der Waals surface area contributed by atoms with Gasteiger partial charge in [0.25, 0.3) is 0 Å². The Morgan fingerprint density at radius 1 is 0.708 bits per heavy atom. The van der Waals surface area contributed by atoms with Crippen molar-refractivity contribution in [3.8, 4) is 0 Å². The number of alkyl halides is 9. The van der Waals surface area contributed by atoms with Crippen molar-refractivity contribution < 1.29 is 54.2 Å². The Morgan fingerprint density at radius 2 is 1.00 bits per heavy atom. The number of aliphatic hydroxyl groups excluding tert-OH is 1. The lowest BCUT2D eigenvalue weighted by Gasteiger charge is -2.44. The number of hydrogen-bond acceptors (Lipinski definition) is 3. The third-order valence-corrected chi connectivity index (χ3v) is 2.55. The van der Waals surface area contributed by atoms with Gasteiger partial charge in [-0.05, 0) is 0 Å². The number of imide groups is 1. The molecule has 15 heteroatoms. The average Bonchev–Trinajstić information content (AvgIpc) is 2.32. The van der Waals surface area contributed by atoms with Crippen LogP contribution in [-0.2, 0) is 0 Å². The van der Waals surface area contributed by atoms with Gasteiger partial charge < -0.3 is 5.11 Å². The van der Waals surface area contributed by atoms with Gasteiger partial charge in [0.2, 0.25) is 6.35 Å². The van der Waals surface area contributed by atoms with Crippen LogP contribution in [0.25, 0.3) is 0 Å². The van der Waals surface area contributed by atoms with Gasteiger partial charge in [0.05, 0.1) is 0 Å². The number of carbonyl (C=O) groups is 2. The maximum atomic E-state index is 12.3. The normalized spacial score (nSPS) is 18.7. The molecule has 140 valence electrons. The molecule has 0 radical (unpaired) electrons. The monoisotopic (exact) mass is 377 g/mol. The highest BCUT2D eigenvalue weighted by molar-refractivity contribution is 5.96. The van der Waals surface area contributed by atoms with Gasteiger partial charge in [-0.25, -0.2) is 14.5 Å². The number of carbonyl (C=O) groups excluding carboxylic acids is 2. The van der Waals surface area contributed by atoms with Gasteiger partial charge >= 0.3 is 30.6 Å². The van der Waals surface area contributed by atoms with E-state index in [1.807, 2.05) is 0 Å². The highest BCUT2D eigenvalue weighted by Crippen LogP contribution is 2.29. The molecule has 0 aromatic carbocycles. The molecule has 0 aromatic rings. The highest BCUT2D eigenvalue weighted by atomic mass is 19.4. The number of amides is 4. The SMILES string of the molecule is O=C1N(CC(F)(F)F)C(=O)N(CC(F)(F)F)C(O)N1CC(F)(F)F. The molecule has 0 atom stereocenters. The minimum Gasteiger partial charge on any atom is -0.356 e. The molecule has 1 N–H and O–H groups in total. The molecular formula is C9H8F9N3O3. The minimum atomic E-state index is -5.28. The van der Waals surface area contributed by atoms with Gasteiger partial charge in [-0.1, -0.05) is 0 Å². The molecule has 1 aliphatic heterocycles. The van der Waals surface area contributed by atoms with E-state index in [1.165, 1.54) is 0 Å².